The Balaban J connectivity index is 1.17. The summed E-state index contributed by atoms with van der Waals surface area (Å²) in [6.45, 7) is 11.6. The molecular weight excluding hydrogens is 579 g/mol. The van der Waals surface area contributed by atoms with Crippen molar-refractivity contribution in [1.29, 1.82) is 0 Å². The van der Waals surface area contributed by atoms with E-state index in [0.717, 1.165) is 44.6 Å². The van der Waals surface area contributed by atoms with E-state index in [0.29, 0.717) is 0 Å². The number of hydrogen-bond acceptors (Lipinski definition) is 2. The van der Waals surface area contributed by atoms with Crippen LogP contribution in [0.4, 0.5) is 0 Å². The first-order valence-electron chi connectivity index (χ1n) is 16.4. The second-order valence-corrected chi connectivity index (χ2v) is 17.3. The van der Waals surface area contributed by atoms with Crippen LogP contribution in [0.3, 0.4) is 0 Å². The van der Waals surface area contributed by atoms with Crippen LogP contribution in [0.25, 0.3) is 66.0 Å². The molecule has 2 aliphatic rings. The predicted octanol–water partition coefficient (Wildman–Crippen LogP) is 10.6. The van der Waals surface area contributed by atoms with E-state index in [1.54, 1.807) is 0 Å². The molecule has 3 heterocycles. The number of aromatic amines is 1. The molecule has 3 nitrogen and oxygen atoms in total. The summed E-state index contributed by atoms with van der Waals surface area (Å²) in [5, 5.41) is 6.20. The molecule has 5 aromatic carbocycles. The number of H-pyrrole nitrogens is 1. The first-order valence-corrected chi connectivity index (χ1v) is 19.3. The molecule has 0 spiro atoms. The van der Waals surface area contributed by atoms with Crippen LogP contribution in [0, 0.1) is 5.41 Å². The lowest BCUT2D eigenvalue weighted by molar-refractivity contribution is 0.224. The van der Waals surface area contributed by atoms with Gasteiger partial charge in [-0.3, -0.25) is 0 Å². The van der Waals surface area contributed by atoms with E-state index in [1.165, 1.54) is 43.4 Å². The molecule has 0 radical (unpaired) electrons. The van der Waals surface area contributed by atoms with Gasteiger partial charge in [0, 0.05) is 55.2 Å². The Bertz CT molecular complexity index is 2430. The highest BCUT2D eigenvalue weighted by Gasteiger charge is 2.41. The van der Waals surface area contributed by atoms with E-state index in [4.69, 9.17) is 9.15 Å². The molecule has 226 valence electrons. The van der Waals surface area contributed by atoms with Crippen LogP contribution in [-0.2, 0) is 0 Å². The number of para-hydroxylation sites is 3. The third-order valence-electron chi connectivity index (χ3n) is 10.1. The molecule has 2 atom stereocenters. The van der Waals surface area contributed by atoms with Gasteiger partial charge in [0.2, 0.25) is 0 Å². The van der Waals surface area contributed by atoms with E-state index < -0.39 is 8.80 Å². The lowest BCUT2D eigenvalue weighted by Gasteiger charge is -2.32. The van der Waals surface area contributed by atoms with Crippen molar-refractivity contribution in [2.45, 2.75) is 45.9 Å². The summed E-state index contributed by atoms with van der Waals surface area (Å²) in [6, 6.07) is 33.3. The fourth-order valence-corrected chi connectivity index (χ4v) is 9.04. The molecule has 0 saturated carbocycles. The standard InChI is InChI=1S/C42H37NO2Si/c1-42(2,3)34-16-8-14-30-28-12-6-10-26(38(28)44-40(30)34)24-18-20-35-32(22-24)33-23-25(19-21-36(33)43-35)27-11-7-13-29-31-15-9-17-37(46(4)5)41(31)45-39(27)29/h6-23,30,40,43,46H,1-5H3. The van der Waals surface area contributed by atoms with Gasteiger partial charge in [0.15, 0.2) is 0 Å². The van der Waals surface area contributed by atoms with E-state index in [2.05, 4.69) is 148 Å². The highest BCUT2D eigenvalue weighted by atomic mass is 28.3. The van der Waals surface area contributed by atoms with Crippen LogP contribution in [0.2, 0.25) is 13.1 Å². The maximum absolute atomic E-state index is 6.85. The first kappa shape index (κ1) is 27.5. The molecule has 1 N–H and O–H groups in total. The fourth-order valence-electron chi connectivity index (χ4n) is 7.81. The van der Waals surface area contributed by atoms with Crippen molar-refractivity contribution in [3.05, 3.63) is 120 Å². The quantitative estimate of drug-likeness (QED) is 0.201. The normalized spacial score (nSPS) is 17.7. The molecule has 1 aliphatic heterocycles. The average molecular weight is 616 g/mol. The zero-order valence-electron chi connectivity index (χ0n) is 26.9. The number of nitrogens with one attached hydrogen (secondary N) is 1. The summed E-state index contributed by atoms with van der Waals surface area (Å²) < 4.78 is 13.6. The minimum Gasteiger partial charge on any atom is -0.484 e. The Morgan fingerprint density at radius 1 is 0.696 bits per heavy atom. The monoisotopic (exact) mass is 615 g/mol. The Hall–Kier alpha value is -4.80. The molecule has 7 aromatic rings. The van der Waals surface area contributed by atoms with Gasteiger partial charge in [-0.15, -0.1) is 0 Å². The number of ether oxygens (including phenoxy) is 1. The van der Waals surface area contributed by atoms with Crippen molar-refractivity contribution in [3.63, 3.8) is 0 Å². The van der Waals surface area contributed by atoms with Crippen molar-refractivity contribution in [1.82, 2.24) is 4.98 Å². The van der Waals surface area contributed by atoms with Gasteiger partial charge < -0.3 is 14.1 Å². The number of fused-ring (bicyclic) bond motifs is 9. The molecular formula is C42H37NO2Si. The largest absolute Gasteiger partial charge is 0.484 e. The molecule has 1 aliphatic carbocycles. The minimum atomic E-state index is -1.05. The molecule has 0 saturated heterocycles. The second kappa shape index (κ2) is 9.85. The zero-order chi connectivity index (χ0) is 31.3. The van der Waals surface area contributed by atoms with Crippen molar-refractivity contribution < 1.29 is 9.15 Å². The van der Waals surface area contributed by atoms with Gasteiger partial charge in [-0.25, -0.2) is 0 Å². The van der Waals surface area contributed by atoms with Crippen LogP contribution < -0.4 is 9.92 Å². The van der Waals surface area contributed by atoms with Crippen molar-refractivity contribution in [2.24, 2.45) is 5.41 Å². The van der Waals surface area contributed by atoms with Crippen LogP contribution in [-0.4, -0.2) is 19.9 Å². The van der Waals surface area contributed by atoms with Gasteiger partial charge >= 0.3 is 0 Å². The summed E-state index contributed by atoms with van der Waals surface area (Å²) in [6.07, 6.45) is 6.80. The summed E-state index contributed by atoms with van der Waals surface area (Å²) in [4.78, 5) is 3.66. The number of rotatable bonds is 3. The Kier molecular flexibility index (Phi) is 5.89. The highest BCUT2D eigenvalue weighted by Crippen LogP contribution is 2.51. The third kappa shape index (κ3) is 4.03. The van der Waals surface area contributed by atoms with E-state index >= 15 is 0 Å². The van der Waals surface area contributed by atoms with Crippen molar-refractivity contribution >= 4 is 57.7 Å². The first-order chi connectivity index (χ1) is 22.3. The molecule has 0 amide bonds. The van der Waals surface area contributed by atoms with Gasteiger partial charge in [-0.2, -0.15) is 0 Å². The SMILES string of the molecule is C[SiH](C)c1cccc2c1oc1c(-c3ccc4[nH]c5ccc(-c6cccc7c6OC6C(C(C)(C)C)=CC=CC76)cc5c4c3)cccc12. The number of furan rings is 1. The molecule has 0 bridgehead atoms. The minimum absolute atomic E-state index is 0.0421. The van der Waals surface area contributed by atoms with E-state index in [1.807, 2.05) is 0 Å². The average Bonchev–Trinajstić information content (AvgIpc) is 3.74. The van der Waals surface area contributed by atoms with Crippen molar-refractivity contribution in [2.75, 3.05) is 0 Å². The molecule has 4 heteroatoms. The van der Waals surface area contributed by atoms with Gasteiger partial charge in [0.1, 0.15) is 23.0 Å². The highest BCUT2D eigenvalue weighted by molar-refractivity contribution is 6.73. The molecule has 2 unspecified atom stereocenters. The number of benzene rings is 5. The lowest BCUT2D eigenvalue weighted by Crippen LogP contribution is -2.29. The van der Waals surface area contributed by atoms with Crippen LogP contribution in [0.15, 0.2) is 119 Å². The van der Waals surface area contributed by atoms with Gasteiger partial charge in [0.05, 0.1) is 8.80 Å². The summed E-state index contributed by atoms with van der Waals surface area (Å²) in [7, 11) is -1.05. The Morgan fingerprint density at radius 2 is 1.35 bits per heavy atom. The van der Waals surface area contributed by atoms with E-state index in [-0.39, 0.29) is 17.4 Å². The smallest absolute Gasteiger partial charge is 0.143 e. The number of aromatic nitrogens is 1. The lowest BCUT2D eigenvalue weighted by atomic mass is 9.75. The van der Waals surface area contributed by atoms with Crippen LogP contribution >= 0.6 is 0 Å². The topological polar surface area (TPSA) is 38.2 Å². The van der Waals surface area contributed by atoms with Gasteiger partial charge in [-0.05, 0) is 51.6 Å². The number of allylic oxidation sites excluding steroid dienone is 2. The predicted molar refractivity (Wildman–Crippen MR) is 196 cm³/mol. The maximum atomic E-state index is 6.85. The Morgan fingerprint density at radius 3 is 2.07 bits per heavy atom. The maximum Gasteiger partial charge on any atom is 0.143 e. The van der Waals surface area contributed by atoms with Crippen LogP contribution in [0.1, 0.15) is 32.3 Å². The Labute approximate surface area is 270 Å². The van der Waals surface area contributed by atoms with Gasteiger partial charge in [0.25, 0.3) is 0 Å². The second-order valence-electron chi connectivity index (χ2n) is 14.4. The fraction of sp³-hybridized carbons (Fsp3) is 0.190. The summed E-state index contributed by atoms with van der Waals surface area (Å²) in [5.74, 6) is 1.26. The third-order valence-corrected chi connectivity index (χ3v) is 11.8. The zero-order valence-corrected chi connectivity index (χ0v) is 28.1. The van der Waals surface area contributed by atoms with Crippen LogP contribution in [0.5, 0.6) is 5.75 Å². The van der Waals surface area contributed by atoms with Gasteiger partial charge in [-0.1, -0.05) is 119 Å². The number of hydrogen-bond donors (Lipinski definition) is 1. The summed E-state index contributed by atoms with van der Waals surface area (Å²) in [5.41, 5.74) is 11.6. The summed E-state index contributed by atoms with van der Waals surface area (Å²) >= 11 is 0. The molecule has 9 rings (SSSR count). The van der Waals surface area contributed by atoms with Crippen molar-refractivity contribution in [3.8, 4) is 28.0 Å². The molecule has 2 aromatic heterocycles. The molecule has 0 fully saturated rings. The van der Waals surface area contributed by atoms with E-state index in [9.17, 15) is 0 Å². The molecule has 46 heavy (non-hydrogen) atoms.